The van der Waals surface area contributed by atoms with E-state index in [0.29, 0.717) is 21.3 Å². The number of hydrogen-bond donors (Lipinski definition) is 1. The number of rotatable bonds is 7. The summed E-state index contributed by atoms with van der Waals surface area (Å²) < 4.78 is 4.79. The molecule has 2 aromatic heterocycles. The van der Waals surface area contributed by atoms with Gasteiger partial charge in [-0.1, -0.05) is 71.1 Å². The fourth-order valence-corrected chi connectivity index (χ4v) is 5.07. The predicted molar refractivity (Wildman–Crippen MR) is 124 cm³/mol. The predicted octanol–water partition coefficient (Wildman–Crippen LogP) is 5.29. The SMILES string of the molecule is O=C(CSc1nn(-c2ccccc2)c(=S)s1)Nc1ccnn1Cc1ccccc1Cl. The standard InChI is InChI=1S/C20H16ClN5OS3/c21-16-9-5-4-6-14(16)12-25-17(10-11-22-25)23-18(27)13-29-19-24-26(20(28)30-19)15-7-2-1-3-8-15/h1-11H,12-13H2,(H,23,27). The van der Waals surface area contributed by atoms with Gasteiger partial charge in [-0.05, 0) is 36.0 Å². The Morgan fingerprint density at radius 3 is 2.70 bits per heavy atom. The fraction of sp³-hybridized carbons (Fsp3) is 0.100. The minimum absolute atomic E-state index is 0.145. The molecule has 0 bridgehead atoms. The van der Waals surface area contributed by atoms with Crippen LogP contribution < -0.4 is 5.32 Å². The van der Waals surface area contributed by atoms with Crippen LogP contribution >= 0.6 is 46.9 Å². The summed E-state index contributed by atoms with van der Waals surface area (Å²) in [6.45, 7) is 0.471. The molecule has 4 rings (SSSR count). The molecule has 0 aliphatic rings. The first-order chi connectivity index (χ1) is 14.6. The van der Waals surface area contributed by atoms with Crippen LogP contribution in [0, 0.1) is 3.95 Å². The maximum Gasteiger partial charge on any atom is 0.235 e. The topological polar surface area (TPSA) is 64.7 Å². The summed E-state index contributed by atoms with van der Waals surface area (Å²) in [5.41, 5.74) is 1.83. The zero-order chi connectivity index (χ0) is 20.9. The van der Waals surface area contributed by atoms with Gasteiger partial charge in [0.1, 0.15) is 5.82 Å². The molecule has 2 heterocycles. The third-order valence-corrected chi connectivity index (χ3v) is 6.85. The quantitative estimate of drug-likeness (QED) is 0.292. The molecule has 0 saturated carbocycles. The molecule has 0 fully saturated rings. The molecule has 2 aromatic carbocycles. The van der Waals surface area contributed by atoms with Gasteiger partial charge in [0.15, 0.2) is 8.29 Å². The molecular weight excluding hydrogens is 458 g/mol. The summed E-state index contributed by atoms with van der Waals surface area (Å²) in [4.78, 5) is 12.5. The molecule has 0 atom stereocenters. The molecule has 0 aliphatic carbocycles. The molecule has 0 saturated heterocycles. The van der Waals surface area contributed by atoms with Gasteiger partial charge in [-0.25, -0.2) is 9.36 Å². The van der Waals surface area contributed by atoms with Crippen LogP contribution in [0.2, 0.25) is 5.02 Å². The lowest BCUT2D eigenvalue weighted by molar-refractivity contribution is -0.113. The van der Waals surface area contributed by atoms with Gasteiger partial charge in [0.05, 0.1) is 24.2 Å². The van der Waals surface area contributed by atoms with E-state index in [2.05, 4.69) is 15.5 Å². The van der Waals surface area contributed by atoms with Crippen molar-refractivity contribution in [2.45, 2.75) is 10.9 Å². The minimum atomic E-state index is -0.145. The Bertz CT molecular complexity index is 1220. The van der Waals surface area contributed by atoms with Crippen molar-refractivity contribution >= 4 is 58.6 Å². The highest BCUT2D eigenvalue weighted by molar-refractivity contribution is 8.01. The Morgan fingerprint density at radius 2 is 1.90 bits per heavy atom. The number of hydrogen-bond acceptors (Lipinski definition) is 6. The van der Waals surface area contributed by atoms with Gasteiger partial charge in [-0.15, -0.1) is 5.10 Å². The zero-order valence-electron chi connectivity index (χ0n) is 15.6. The molecule has 30 heavy (non-hydrogen) atoms. The van der Waals surface area contributed by atoms with E-state index in [9.17, 15) is 4.79 Å². The van der Waals surface area contributed by atoms with Gasteiger partial charge >= 0.3 is 0 Å². The number of anilines is 1. The van der Waals surface area contributed by atoms with Crippen LogP contribution in [-0.4, -0.2) is 31.2 Å². The molecular formula is C20H16ClN5OS3. The highest BCUT2D eigenvalue weighted by Crippen LogP contribution is 2.24. The number of nitrogens with one attached hydrogen (secondary N) is 1. The molecule has 0 spiro atoms. The Kier molecular flexibility index (Phi) is 6.63. The largest absolute Gasteiger partial charge is 0.310 e. The number of thioether (sulfide) groups is 1. The van der Waals surface area contributed by atoms with Crippen LogP contribution in [0.1, 0.15) is 5.56 Å². The van der Waals surface area contributed by atoms with Crippen LogP contribution in [0.3, 0.4) is 0 Å². The van der Waals surface area contributed by atoms with E-state index >= 15 is 0 Å². The maximum atomic E-state index is 12.5. The maximum absolute atomic E-state index is 12.5. The molecule has 0 unspecified atom stereocenters. The Morgan fingerprint density at radius 1 is 1.13 bits per heavy atom. The molecule has 10 heteroatoms. The Balaban J connectivity index is 1.38. The van der Waals surface area contributed by atoms with Crippen molar-refractivity contribution < 1.29 is 4.79 Å². The Labute approximate surface area is 191 Å². The number of para-hydroxylation sites is 1. The molecule has 0 aliphatic heterocycles. The normalized spacial score (nSPS) is 10.8. The highest BCUT2D eigenvalue weighted by Gasteiger charge is 2.12. The first kappa shape index (κ1) is 20.8. The Hall–Kier alpha value is -2.46. The molecule has 4 aromatic rings. The van der Waals surface area contributed by atoms with Crippen molar-refractivity contribution in [3.8, 4) is 5.69 Å². The first-order valence-corrected chi connectivity index (χ1v) is 11.5. The smallest absolute Gasteiger partial charge is 0.235 e. The molecule has 6 nitrogen and oxygen atoms in total. The highest BCUT2D eigenvalue weighted by atomic mass is 35.5. The van der Waals surface area contributed by atoms with E-state index in [0.717, 1.165) is 15.6 Å². The zero-order valence-corrected chi connectivity index (χ0v) is 18.8. The van der Waals surface area contributed by atoms with Crippen LogP contribution in [0.5, 0.6) is 0 Å². The molecule has 1 N–H and O–H groups in total. The summed E-state index contributed by atoms with van der Waals surface area (Å²) in [6, 6.07) is 19.0. The third kappa shape index (κ3) is 4.99. The van der Waals surface area contributed by atoms with Gasteiger partial charge in [-0.2, -0.15) is 5.10 Å². The van der Waals surface area contributed by atoms with Gasteiger partial charge in [0, 0.05) is 11.1 Å². The number of nitrogens with zero attached hydrogens (tertiary/aromatic N) is 4. The molecule has 0 radical (unpaired) electrons. The van der Waals surface area contributed by atoms with Gasteiger partial charge < -0.3 is 5.32 Å². The number of aromatic nitrogens is 4. The van der Waals surface area contributed by atoms with Crippen molar-refractivity contribution in [1.29, 1.82) is 0 Å². The van der Waals surface area contributed by atoms with E-state index in [1.165, 1.54) is 23.1 Å². The summed E-state index contributed by atoms with van der Waals surface area (Å²) in [6.07, 6.45) is 1.65. The van der Waals surface area contributed by atoms with Gasteiger partial charge in [-0.3, -0.25) is 4.79 Å². The second-order valence-electron chi connectivity index (χ2n) is 6.18. The molecule has 1 amide bonds. The summed E-state index contributed by atoms with van der Waals surface area (Å²) >= 11 is 14.4. The summed E-state index contributed by atoms with van der Waals surface area (Å²) in [5, 5.41) is 12.4. The monoisotopic (exact) mass is 473 g/mol. The minimum Gasteiger partial charge on any atom is -0.310 e. The second-order valence-corrected chi connectivity index (χ2v) is 9.44. The average Bonchev–Trinajstić information content (AvgIpc) is 3.35. The van der Waals surface area contributed by atoms with Crippen molar-refractivity contribution in [1.82, 2.24) is 19.6 Å². The van der Waals surface area contributed by atoms with Crippen LogP contribution in [0.15, 0.2) is 71.2 Å². The van der Waals surface area contributed by atoms with Crippen LogP contribution in [0.25, 0.3) is 5.69 Å². The summed E-state index contributed by atoms with van der Waals surface area (Å²) in [7, 11) is 0. The van der Waals surface area contributed by atoms with E-state index in [-0.39, 0.29) is 11.7 Å². The van der Waals surface area contributed by atoms with Gasteiger partial charge in [0.25, 0.3) is 0 Å². The molecule has 152 valence electrons. The second kappa shape index (κ2) is 9.57. The third-order valence-electron chi connectivity index (χ3n) is 4.12. The number of halogens is 1. The lowest BCUT2D eigenvalue weighted by atomic mass is 10.2. The fourth-order valence-electron chi connectivity index (χ4n) is 2.71. The average molecular weight is 474 g/mol. The number of carbonyl (C=O) groups excluding carboxylic acids is 1. The van der Waals surface area contributed by atoms with Crippen molar-refractivity contribution in [3.05, 3.63) is 81.4 Å². The first-order valence-electron chi connectivity index (χ1n) is 8.93. The van der Waals surface area contributed by atoms with E-state index in [4.69, 9.17) is 23.8 Å². The van der Waals surface area contributed by atoms with Crippen molar-refractivity contribution in [2.24, 2.45) is 0 Å². The number of carbonyl (C=O) groups is 1. The lowest BCUT2D eigenvalue weighted by Gasteiger charge is -2.09. The number of benzene rings is 2. The van der Waals surface area contributed by atoms with E-state index in [1.807, 2.05) is 54.6 Å². The van der Waals surface area contributed by atoms with Crippen molar-refractivity contribution in [2.75, 3.05) is 11.1 Å². The van der Waals surface area contributed by atoms with Gasteiger partial charge in [0.2, 0.25) is 5.91 Å². The van der Waals surface area contributed by atoms with Crippen LogP contribution in [0.4, 0.5) is 5.82 Å². The van der Waals surface area contributed by atoms with E-state index in [1.54, 1.807) is 21.6 Å². The van der Waals surface area contributed by atoms with E-state index < -0.39 is 0 Å². The number of amides is 1. The summed E-state index contributed by atoms with van der Waals surface area (Å²) in [5.74, 6) is 0.685. The lowest BCUT2D eigenvalue weighted by Crippen LogP contribution is -2.18. The van der Waals surface area contributed by atoms with Crippen molar-refractivity contribution in [3.63, 3.8) is 0 Å². The van der Waals surface area contributed by atoms with Crippen LogP contribution in [-0.2, 0) is 11.3 Å².